The average molecular weight is 634 g/mol. The Balaban J connectivity index is 1.22. The Morgan fingerprint density at radius 1 is 0.320 bits per heavy atom. The van der Waals surface area contributed by atoms with Crippen LogP contribution >= 0.6 is 0 Å². The van der Waals surface area contributed by atoms with Crippen LogP contribution in [0.4, 0.5) is 0 Å². The van der Waals surface area contributed by atoms with Gasteiger partial charge in [-0.3, -0.25) is 4.98 Å². The Morgan fingerprint density at radius 3 is 1.44 bits per heavy atom. The molecule has 0 saturated carbocycles. The number of aromatic nitrogens is 1. The van der Waals surface area contributed by atoms with E-state index in [1.54, 1.807) is 0 Å². The molecule has 0 N–H and O–H groups in total. The van der Waals surface area contributed by atoms with Gasteiger partial charge in [-0.1, -0.05) is 164 Å². The Morgan fingerprint density at radius 2 is 0.820 bits per heavy atom. The van der Waals surface area contributed by atoms with Gasteiger partial charge in [-0.25, -0.2) is 0 Å². The maximum atomic E-state index is 5.07. The van der Waals surface area contributed by atoms with Gasteiger partial charge in [0.05, 0.1) is 16.5 Å². The highest BCUT2D eigenvalue weighted by molar-refractivity contribution is 5.99. The average Bonchev–Trinajstić information content (AvgIpc) is 3.79. The van der Waals surface area contributed by atoms with E-state index < -0.39 is 5.41 Å². The molecule has 1 heteroatoms. The molecule has 11 rings (SSSR count). The van der Waals surface area contributed by atoms with Gasteiger partial charge in [0.1, 0.15) is 0 Å². The van der Waals surface area contributed by atoms with E-state index >= 15 is 0 Å². The minimum Gasteiger partial charge on any atom is -0.260 e. The molecular weight excluding hydrogens is 603 g/mol. The van der Waals surface area contributed by atoms with Crippen LogP contribution in [0.5, 0.6) is 0 Å². The molecule has 1 atom stereocenters. The summed E-state index contributed by atoms with van der Waals surface area (Å²) in [6, 6.07) is 67.5. The van der Waals surface area contributed by atoms with E-state index in [9.17, 15) is 0 Å². The van der Waals surface area contributed by atoms with Gasteiger partial charge >= 0.3 is 0 Å². The first-order valence-electron chi connectivity index (χ1n) is 17.5. The third-order valence-electron chi connectivity index (χ3n) is 11.6. The van der Waals surface area contributed by atoms with Crippen LogP contribution in [0, 0.1) is 0 Å². The van der Waals surface area contributed by atoms with Crippen LogP contribution in [0.3, 0.4) is 0 Å². The van der Waals surface area contributed by atoms with Crippen molar-refractivity contribution in [2.45, 2.75) is 10.8 Å². The quantitative estimate of drug-likeness (QED) is 0.189. The highest BCUT2D eigenvalue weighted by Crippen LogP contribution is 2.64. The Labute approximate surface area is 292 Å². The molecule has 1 unspecified atom stereocenters. The van der Waals surface area contributed by atoms with Crippen molar-refractivity contribution >= 4 is 0 Å². The number of fused-ring (bicyclic) bond motifs is 13. The maximum Gasteiger partial charge on any atom is 0.0886 e. The molecule has 0 aliphatic heterocycles. The second kappa shape index (κ2) is 10.1. The normalized spacial score (nSPS) is 16.6. The molecule has 3 aliphatic carbocycles. The molecule has 1 nitrogen and oxygen atoms in total. The summed E-state index contributed by atoms with van der Waals surface area (Å²) in [5.41, 5.74) is 19.7. The minimum absolute atomic E-state index is 0.382. The van der Waals surface area contributed by atoms with Crippen LogP contribution in [-0.4, -0.2) is 4.98 Å². The number of hydrogen-bond donors (Lipinski definition) is 0. The predicted molar refractivity (Wildman–Crippen MR) is 203 cm³/mol. The zero-order valence-electron chi connectivity index (χ0n) is 27.3. The van der Waals surface area contributed by atoms with Gasteiger partial charge in [-0.15, -0.1) is 0 Å². The molecule has 1 aromatic heterocycles. The van der Waals surface area contributed by atoms with Gasteiger partial charge in [0.15, 0.2) is 0 Å². The third kappa shape index (κ3) is 3.30. The summed E-state index contributed by atoms with van der Waals surface area (Å²) in [6.07, 6.45) is 1.93. The van der Waals surface area contributed by atoms with Gasteiger partial charge in [-0.05, 0) is 102 Å². The highest BCUT2D eigenvalue weighted by atomic mass is 14.7. The highest BCUT2D eigenvalue weighted by Gasteiger charge is 2.52. The first kappa shape index (κ1) is 27.6. The van der Waals surface area contributed by atoms with Crippen LogP contribution in [0.2, 0.25) is 0 Å². The van der Waals surface area contributed by atoms with E-state index in [2.05, 4.69) is 176 Å². The molecule has 0 radical (unpaired) electrons. The monoisotopic (exact) mass is 633 g/mol. The minimum atomic E-state index is -0.540. The lowest BCUT2D eigenvalue weighted by Crippen LogP contribution is -2.29. The summed E-state index contributed by atoms with van der Waals surface area (Å²) in [7, 11) is 0. The van der Waals surface area contributed by atoms with Gasteiger partial charge < -0.3 is 0 Å². The molecule has 7 aromatic carbocycles. The molecule has 3 aliphatic rings. The SMILES string of the molecule is c1ccc(C2(c3ccccn3)c3ccccc3-c3c(-c4ccc5c(c4)C4(c6ccccc6-c6ccccc64)c4ccccc4-5)cccc32)cc1. The van der Waals surface area contributed by atoms with Crippen molar-refractivity contribution in [3.63, 3.8) is 0 Å². The van der Waals surface area contributed by atoms with Gasteiger partial charge in [0, 0.05) is 6.20 Å². The van der Waals surface area contributed by atoms with Crippen LogP contribution in [-0.2, 0) is 10.8 Å². The molecule has 232 valence electrons. The molecular formula is C49H31N. The van der Waals surface area contributed by atoms with Crippen LogP contribution in [0.15, 0.2) is 188 Å². The van der Waals surface area contributed by atoms with E-state index in [-0.39, 0.29) is 5.41 Å². The van der Waals surface area contributed by atoms with Crippen LogP contribution < -0.4 is 0 Å². The number of pyridine rings is 1. The van der Waals surface area contributed by atoms with Crippen LogP contribution in [0.25, 0.3) is 44.5 Å². The fourth-order valence-corrected chi connectivity index (χ4v) is 9.84. The van der Waals surface area contributed by atoms with E-state index in [1.807, 2.05) is 12.3 Å². The molecule has 0 bridgehead atoms. The van der Waals surface area contributed by atoms with E-state index in [4.69, 9.17) is 4.98 Å². The van der Waals surface area contributed by atoms with Gasteiger partial charge in [0.2, 0.25) is 0 Å². The van der Waals surface area contributed by atoms with E-state index in [1.165, 1.54) is 83.5 Å². The maximum absolute atomic E-state index is 5.07. The lowest BCUT2D eigenvalue weighted by Gasteiger charge is -2.32. The second-order valence-electron chi connectivity index (χ2n) is 13.8. The first-order chi connectivity index (χ1) is 24.8. The number of rotatable bonds is 3. The van der Waals surface area contributed by atoms with Crippen molar-refractivity contribution < 1.29 is 0 Å². The lowest BCUT2D eigenvalue weighted by atomic mass is 9.69. The van der Waals surface area contributed by atoms with Crippen molar-refractivity contribution in [3.8, 4) is 44.5 Å². The van der Waals surface area contributed by atoms with E-state index in [0.717, 1.165) is 5.69 Å². The summed E-state index contributed by atoms with van der Waals surface area (Å²) in [5, 5.41) is 0. The fourth-order valence-electron chi connectivity index (χ4n) is 9.84. The number of nitrogens with zero attached hydrogens (tertiary/aromatic N) is 1. The molecule has 1 spiro atoms. The molecule has 8 aromatic rings. The summed E-state index contributed by atoms with van der Waals surface area (Å²) in [4.78, 5) is 5.07. The van der Waals surface area contributed by atoms with Crippen molar-refractivity contribution in [1.29, 1.82) is 0 Å². The zero-order valence-corrected chi connectivity index (χ0v) is 27.3. The largest absolute Gasteiger partial charge is 0.260 e. The smallest absolute Gasteiger partial charge is 0.0886 e. The Kier molecular flexibility index (Phi) is 5.58. The summed E-state index contributed by atoms with van der Waals surface area (Å²) >= 11 is 0. The number of benzene rings is 7. The van der Waals surface area contributed by atoms with Crippen molar-refractivity contribution in [1.82, 2.24) is 4.98 Å². The fraction of sp³-hybridized carbons (Fsp3) is 0.0408. The molecule has 0 saturated heterocycles. The van der Waals surface area contributed by atoms with Crippen molar-refractivity contribution in [2.75, 3.05) is 0 Å². The topological polar surface area (TPSA) is 12.9 Å². The van der Waals surface area contributed by atoms with Crippen molar-refractivity contribution in [2.24, 2.45) is 0 Å². The molecule has 50 heavy (non-hydrogen) atoms. The zero-order chi connectivity index (χ0) is 32.9. The van der Waals surface area contributed by atoms with Gasteiger partial charge in [0.25, 0.3) is 0 Å². The lowest BCUT2D eigenvalue weighted by molar-refractivity contribution is 0.735. The predicted octanol–water partition coefficient (Wildman–Crippen LogP) is 11.5. The third-order valence-corrected chi connectivity index (χ3v) is 11.6. The van der Waals surface area contributed by atoms with Gasteiger partial charge in [-0.2, -0.15) is 0 Å². The Bertz CT molecular complexity index is 2550. The van der Waals surface area contributed by atoms with E-state index in [0.29, 0.717) is 0 Å². The van der Waals surface area contributed by atoms with Crippen LogP contribution in [0.1, 0.15) is 44.6 Å². The summed E-state index contributed by atoms with van der Waals surface area (Å²) in [6.45, 7) is 0. The number of hydrogen-bond acceptors (Lipinski definition) is 1. The van der Waals surface area contributed by atoms with Crippen molar-refractivity contribution in [3.05, 3.63) is 233 Å². The molecule has 1 heterocycles. The Hall–Kier alpha value is -6.31. The summed E-state index contributed by atoms with van der Waals surface area (Å²) < 4.78 is 0. The molecule has 0 amide bonds. The standard InChI is InChI=1S/C49H31N/c1-2-15-33(16-3-1)48(46-27-12-13-30-50-46)43-25-11-7-20-39(43)47-34(21-14-26-44(47)48)32-28-29-38-37-19-6-10-24-42(37)49(45(38)31-32)40-22-8-4-17-35(40)36-18-5-9-23-41(36)49/h1-31H. The second-order valence-corrected chi connectivity index (χ2v) is 13.8. The molecule has 0 fully saturated rings. The summed E-state index contributed by atoms with van der Waals surface area (Å²) in [5.74, 6) is 0. The first-order valence-corrected chi connectivity index (χ1v) is 17.5.